The molecule has 3 amide bonds. The molecular formula is C24H23F3N3NaO7. The van der Waals surface area contributed by atoms with Crippen molar-refractivity contribution in [3.8, 4) is 22.6 Å². The van der Waals surface area contributed by atoms with Crippen LogP contribution < -0.4 is 20.1 Å². The van der Waals surface area contributed by atoms with Crippen molar-refractivity contribution >= 4 is 53.2 Å². The molecule has 1 heterocycles. The average Bonchev–Trinajstić information content (AvgIpc) is 2.82. The summed E-state index contributed by atoms with van der Waals surface area (Å²) in [6.45, 7) is 0. The van der Waals surface area contributed by atoms with E-state index in [0.717, 1.165) is 23.1 Å². The summed E-state index contributed by atoms with van der Waals surface area (Å²) in [5, 5.41) is 14.1. The van der Waals surface area contributed by atoms with Gasteiger partial charge in [0.1, 0.15) is 11.5 Å². The van der Waals surface area contributed by atoms with Gasteiger partial charge in [-0.2, -0.15) is 0 Å². The van der Waals surface area contributed by atoms with Crippen molar-refractivity contribution in [3.05, 3.63) is 60.3 Å². The van der Waals surface area contributed by atoms with Crippen LogP contribution >= 0.6 is 0 Å². The van der Waals surface area contributed by atoms with E-state index in [1.807, 2.05) is 0 Å². The second-order valence-electron chi connectivity index (χ2n) is 7.90. The van der Waals surface area contributed by atoms with Gasteiger partial charge in [-0.05, 0) is 35.4 Å². The van der Waals surface area contributed by atoms with Gasteiger partial charge in [0.2, 0.25) is 0 Å². The molecule has 0 bridgehead atoms. The Balaban J connectivity index is 0.00000507. The summed E-state index contributed by atoms with van der Waals surface area (Å²) in [7, 11) is 2.79. The van der Waals surface area contributed by atoms with E-state index in [4.69, 9.17) is 4.74 Å². The molecule has 0 saturated heterocycles. The summed E-state index contributed by atoms with van der Waals surface area (Å²) in [6.07, 6.45) is -3.02. The number of urea groups is 1. The first-order valence-corrected chi connectivity index (χ1v) is 10.7. The van der Waals surface area contributed by atoms with Crippen LogP contribution in [0.2, 0.25) is 0 Å². The number of likely N-dealkylation sites (N-methyl/N-ethyl adjacent to an activating group) is 1. The first-order valence-electron chi connectivity index (χ1n) is 10.7. The zero-order valence-electron chi connectivity index (χ0n) is 19.5. The van der Waals surface area contributed by atoms with Crippen LogP contribution in [0.3, 0.4) is 0 Å². The fourth-order valence-electron chi connectivity index (χ4n) is 3.58. The Kier molecular flexibility index (Phi) is 10.3. The number of nitrogens with zero attached hydrogens (tertiary/aromatic N) is 1. The predicted octanol–water partition coefficient (Wildman–Crippen LogP) is 2.35. The number of alkyl halides is 3. The van der Waals surface area contributed by atoms with Crippen molar-refractivity contribution in [2.75, 3.05) is 14.2 Å². The standard InChI is InChI=1S/C24H22F3N3O7.Na.H/c1-30-10-9-18(31)21(22(30)34)29-23(35)28-17(12-20(32)33)14-5-8-19(36-2)16(11-14)13-3-6-15(7-4-13)37-24(25,26)27;;/h3-11,17,21H,12H2,1-2H3,(H,32,33)(H2,28,29,35);;. The molecule has 0 aliphatic carbocycles. The van der Waals surface area contributed by atoms with E-state index in [1.165, 1.54) is 50.7 Å². The molecule has 0 spiro atoms. The molecule has 0 fully saturated rings. The third kappa shape index (κ3) is 7.97. The maximum atomic E-state index is 12.6. The van der Waals surface area contributed by atoms with Gasteiger partial charge in [-0.3, -0.25) is 14.4 Å². The zero-order chi connectivity index (χ0) is 27.3. The van der Waals surface area contributed by atoms with Gasteiger partial charge in [0.25, 0.3) is 5.91 Å². The van der Waals surface area contributed by atoms with Crippen molar-refractivity contribution in [2.45, 2.75) is 24.9 Å². The number of halogens is 3. The second kappa shape index (κ2) is 12.8. The van der Waals surface area contributed by atoms with Gasteiger partial charge < -0.3 is 30.1 Å². The predicted molar refractivity (Wildman–Crippen MR) is 130 cm³/mol. The summed E-state index contributed by atoms with van der Waals surface area (Å²) >= 11 is 0. The summed E-state index contributed by atoms with van der Waals surface area (Å²) in [5.74, 6) is -2.65. The van der Waals surface area contributed by atoms with Crippen molar-refractivity contribution in [1.29, 1.82) is 0 Å². The molecule has 1 aliphatic heterocycles. The molecule has 14 heteroatoms. The monoisotopic (exact) mass is 545 g/mol. The number of carboxylic acids is 1. The number of carbonyl (C=O) groups is 4. The molecule has 3 N–H and O–H groups in total. The molecule has 198 valence electrons. The quantitative estimate of drug-likeness (QED) is 0.343. The molecule has 0 aromatic heterocycles. The topological polar surface area (TPSA) is 134 Å². The summed E-state index contributed by atoms with van der Waals surface area (Å²) in [6, 6.07) is 5.95. The number of rotatable bonds is 8. The van der Waals surface area contributed by atoms with Crippen LogP contribution in [0.4, 0.5) is 18.0 Å². The maximum absolute atomic E-state index is 12.6. The van der Waals surface area contributed by atoms with E-state index in [9.17, 15) is 37.5 Å². The third-order valence-corrected chi connectivity index (χ3v) is 5.33. The number of nitrogens with one attached hydrogen (secondary N) is 2. The molecule has 10 nitrogen and oxygen atoms in total. The van der Waals surface area contributed by atoms with Crippen LogP contribution in [-0.4, -0.2) is 89.8 Å². The number of hydrogen-bond acceptors (Lipinski definition) is 6. The Labute approximate surface area is 237 Å². The van der Waals surface area contributed by atoms with Gasteiger partial charge in [0.15, 0.2) is 11.8 Å². The molecule has 2 aromatic carbocycles. The van der Waals surface area contributed by atoms with Crippen LogP contribution in [0.15, 0.2) is 54.7 Å². The van der Waals surface area contributed by atoms with E-state index in [2.05, 4.69) is 15.4 Å². The van der Waals surface area contributed by atoms with E-state index in [1.54, 1.807) is 0 Å². The van der Waals surface area contributed by atoms with Gasteiger partial charge in [-0.1, -0.05) is 18.2 Å². The van der Waals surface area contributed by atoms with Gasteiger partial charge in [0, 0.05) is 24.9 Å². The Morgan fingerprint density at radius 3 is 2.37 bits per heavy atom. The fourth-order valence-corrected chi connectivity index (χ4v) is 3.58. The van der Waals surface area contributed by atoms with Crippen LogP contribution in [-0.2, 0) is 14.4 Å². The number of carboxylic acid groups (broad SMARTS) is 1. The van der Waals surface area contributed by atoms with Crippen LogP contribution in [0.1, 0.15) is 18.0 Å². The molecule has 0 saturated carbocycles. The Bertz CT molecular complexity index is 1240. The molecule has 2 atom stereocenters. The number of amides is 3. The summed E-state index contributed by atoms with van der Waals surface area (Å²) < 4.78 is 46.6. The van der Waals surface area contributed by atoms with Gasteiger partial charge in [-0.15, -0.1) is 13.2 Å². The number of ether oxygens (including phenoxy) is 2. The second-order valence-corrected chi connectivity index (χ2v) is 7.90. The number of hydrogen-bond donors (Lipinski definition) is 3. The molecule has 2 unspecified atom stereocenters. The van der Waals surface area contributed by atoms with E-state index in [0.29, 0.717) is 22.4 Å². The van der Waals surface area contributed by atoms with Crippen molar-refractivity contribution in [1.82, 2.24) is 15.5 Å². The number of aliphatic carboxylic acids is 1. The minimum absolute atomic E-state index is 0. The van der Waals surface area contributed by atoms with E-state index < -0.39 is 54.3 Å². The van der Waals surface area contributed by atoms with Crippen molar-refractivity contribution in [3.63, 3.8) is 0 Å². The van der Waals surface area contributed by atoms with Gasteiger partial charge in [-0.25, -0.2) is 4.79 Å². The van der Waals surface area contributed by atoms with Crippen molar-refractivity contribution in [2.24, 2.45) is 0 Å². The van der Waals surface area contributed by atoms with Gasteiger partial charge in [0.05, 0.1) is 19.6 Å². The first kappa shape index (κ1) is 30.7. The molecule has 1 aliphatic rings. The fraction of sp³-hybridized carbons (Fsp3) is 0.250. The van der Waals surface area contributed by atoms with E-state index >= 15 is 0 Å². The minimum atomic E-state index is -4.85. The van der Waals surface area contributed by atoms with Gasteiger partial charge >= 0.3 is 47.9 Å². The molecule has 38 heavy (non-hydrogen) atoms. The molecule has 2 aromatic rings. The van der Waals surface area contributed by atoms with Crippen LogP contribution in [0.5, 0.6) is 11.5 Å². The SMILES string of the molecule is COc1ccc(C(CC(=O)O)NC(=O)NC2C(=O)C=CN(C)C2=O)cc1-c1ccc(OC(F)(F)F)cc1.[NaH]. The molecular weight excluding hydrogens is 522 g/mol. The molecule has 0 radical (unpaired) electrons. The summed E-state index contributed by atoms with van der Waals surface area (Å²) in [5.41, 5.74) is 1.16. The third-order valence-electron chi connectivity index (χ3n) is 5.33. The Morgan fingerprint density at radius 1 is 1.13 bits per heavy atom. The first-order chi connectivity index (χ1) is 17.4. The molecule has 3 rings (SSSR count). The Hall–Kier alpha value is -3.55. The van der Waals surface area contributed by atoms with Crippen molar-refractivity contribution < 1.29 is 46.9 Å². The average molecular weight is 545 g/mol. The number of benzene rings is 2. The van der Waals surface area contributed by atoms with Crippen LogP contribution in [0.25, 0.3) is 11.1 Å². The van der Waals surface area contributed by atoms with Crippen LogP contribution in [0, 0.1) is 0 Å². The summed E-state index contributed by atoms with van der Waals surface area (Å²) in [4.78, 5) is 49.5. The number of carbonyl (C=O) groups excluding carboxylic acids is 3. The zero-order valence-corrected chi connectivity index (χ0v) is 19.5. The van der Waals surface area contributed by atoms with E-state index in [-0.39, 0.29) is 29.6 Å². The normalized spacial score (nSPS) is 15.8. The number of ketones is 1. The Morgan fingerprint density at radius 2 is 1.79 bits per heavy atom. The number of methoxy groups -OCH3 is 1.